The number of likely N-dealkylation sites (N-methyl/N-ethyl adjacent to an activating group) is 1. The molecule has 46 valence electrons. The molecule has 0 spiro atoms. The maximum absolute atomic E-state index is 10.1. The highest BCUT2D eigenvalue weighted by atomic mass is 16.3. The van der Waals surface area contributed by atoms with Crippen LogP contribution in [-0.4, -0.2) is 31.4 Å². The molecule has 0 aliphatic rings. The lowest BCUT2D eigenvalue weighted by molar-refractivity contribution is -0.118. The minimum Gasteiger partial charge on any atom is -0.301 e. The number of nitroso groups, excluding NO2 is 1. The van der Waals surface area contributed by atoms with E-state index in [9.17, 15) is 9.70 Å². The Labute approximate surface area is 47.5 Å². The summed E-state index contributed by atoms with van der Waals surface area (Å²) in [6.07, 6.45) is 0. The number of nitrogens with zero attached hydrogens (tertiary/aromatic N) is 2. The van der Waals surface area contributed by atoms with Crippen molar-refractivity contribution in [2.24, 2.45) is 5.18 Å². The van der Waals surface area contributed by atoms with Crippen molar-refractivity contribution < 1.29 is 4.79 Å². The molecule has 0 radical (unpaired) electrons. The second-order valence-electron chi connectivity index (χ2n) is 1.72. The zero-order valence-electron chi connectivity index (χ0n) is 4.92. The van der Waals surface area contributed by atoms with E-state index in [1.54, 1.807) is 19.0 Å². The summed E-state index contributed by atoms with van der Waals surface area (Å²) in [5.41, 5.74) is 0. The number of hydrogen-bond donors (Lipinski definition) is 0. The highest BCUT2D eigenvalue weighted by Crippen LogP contribution is 1.76. The van der Waals surface area contributed by atoms with Gasteiger partial charge < -0.3 is 4.90 Å². The Bertz CT molecular complexity index is 100. The largest absolute Gasteiger partial charge is 0.301 e. The SMILES string of the molecule is CN(C)CC(=O)N=O. The van der Waals surface area contributed by atoms with Gasteiger partial charge in [0.25, 0.3) is 5.91 Å². The van der Waals surface area contributed by atoms with E-state index < -0.39 is 5.91 Å². The number of carbonyl (C=O) groups is 1. The van der Waals surface area contributed by atoms with Crippen LogP contribution in [0.4, 0.5) is 0 Å². The van der Waals surface area contributed by atoms with Gasteiger partial charge in [-0.1, -0.05) is 0 Å². The standard InChI is InChI=1S/C4H8N2O2/c1-6(2)3-4(7)5-8/h3H2,1-2H3. The Morgan fingerprint density at radius 2 is 2.12 bits per heavy atom. The van der Waals surface area contributed by atoms with Crippen molar-refractivity contribution in [1.29, 1.82) is 0 Å². The van der Waals surface area contributed by atoms with Crippen LogP contribution in [0.25, 0.3) is 0 Å². The molecule has 0 rings (SSSR count). The number of hydrogen-bond acceptors (Lipinski definition) is 3. The molecular formula is C4H8N2O2. The van der Waals surface area contributed by atoms with E-state index in [0.717, 1.165) is 0 Å². The third-order valence-electron chi connectivity index (χ3n) is 0.553. The number of carbonyl (C=O) groups excluding carboxylic acids is 1. The first-order valence-electron chi connectivity index (χ1n) is 2.17. The van der Waals surface area contributed by atoms with E-state index in [1.165, 1.54) is 0 Å². The molecule has 0 bridgehead atoms. The lowest BCUT2D eigenvalue weighted by Crippen LogP contribution is -2.19. The summed E-state index contributed by atoms with van der Waals surface area (Å²) >= 11 is 0. The van der Waals surface area contributed by atoms with Gasteiger partial charge in [-0.25, -0.2) is 0 Å². The minimum absolute atomic E-state index is 0.101. The van der Waals surface area contributed by atoms with Gasteiger partial charge in [-0.05, 0) is 14.1 Å². The van der Waals surface area contributed by atoms with Crippen LogP contribution in [-0.2, 0) is 4.79 Å². The molecule has 0 saturated carbocycles. The summed E-state index contributed by atoms with van der Waals surface area (Å²) in [4.78, 5) is 21.1. The lowest BCUT2D eigenvalue weighted by Gasteiger charge is -2.01. The highest BCUT2D eigenvalue weighted by molar-refractivity contribution is 5.78. The maximum atomic E-state index is 10.1. The van der Waals surface area contributed by atoms with Crippen LogP contribution in [0, 0.1) is 4.91 Å². The topological polar surface area (TPSA) is 49.7 Å². The Balaban J connectivity index is 3.39. The van der Waals surface area contributed by atoms with Gasteiger partial charge in [-0.3, -0.25) is 4.79 Å². The van der Waals surface area contributed by atoms with Crippen LogP contribution in [0.15, 0.2) is 5.18 Å². The predicted octanol–water partition coefficient (Wildman–Crippen LogP) is -0.159. The predicted molar refractivity (Wildman–Crippen MR) is 29.4 cm³/mol. The zero-order chi connectivity index (χ0) is 6.57. The molecule has 1 amide bonds. The molecule has 0 aliphatic carbocycles. The molecule has 0 heterocycles. The Kier molecular flexibility index (Phi) is 2.95. The van der Waals surface area contributed by atoms with E-state index in [0.29, 0.717) is 0 Å². The van der Waals surface area contributed by atoms with Crippen molar-refractivity contribution in [3.05, 3.63) is 4.91 Å². The average molecular weight is 116 g/mol. The van der Waals surface area contributed by atoms with Crippen LogP contribution in [0.2, 0.25) is 0 Å². The molecule has 0 aromatic heterocycles. The molecule has 0 aromatic rings. The summed E-state index contributed by atoms with van der Waals surface area (Å²) in [5.74, 6) is -0.630. The van der Waals surface area contributed by atoms with Gasteiger partial charge in [0.2, 0.25) is 0 Å². The molecule has 0 aliphatic heterocycles. The van der Waals surface area contributed by atoms with Gasteiger partial charge >= 0.3 is 0 Å². The monoisotopic (exact) mass is 116 g/mol. The van der Waals surface area contributed by atoms with E-state index in [1.807, 2.05) is 0 Å². The molecule has 0 unspecified atom stereocenters. The molecule has 8 heavy (non-hydrogen) atoms. The first-order chi connectivity index (χ1) is 3.66. The molecule has 0 N–H and O–H groups in total. The lowest BCUT2D eigenvalue weighted by atomic mass is 10.6. The number of amides is 1. The normalized spacial score (nSPS) is 9.38. The van der Waals surface area contributed by atoms with Gasteiger partial charge in [0.15, 0.2) is 0 Å². The van der Waals surface area contributed by atoms with Crippen molar-refractivity contribution >= 4 is 5.91 Å². The van der Waals surface area contributed by atoms with E-state index >= 15 is 0 Å². The molecule has 0 aromatic carbocycles. The third-order valence-corrected chi connectivity index (χ3v) is 0.553. The van der Waals surface area contributed by atoms with Crippen LogP contribution in [0.1, 0.15) is 0 Å². The van der Waals surface area contributed by atoms with Gasteiger partial charge in [0.05, 0.1) is 6.54 Å². The van der Waals surface area contributed by atoms with Gasteiger partial charge in [-0.15, -0.1) is 4.91 Å². The summed E-state index contributed by atoms with van der Waals surface area (Å²) in [5, 5.41) is 2.20. The van der Waals surface area contributed by atoms with Crippen LogP contribution < -0.4 is 0 Å². The molecule has 0 fully saturated rings. The smallest absolute Gasteiger partial charge is 0.300 e. The fraction of sp³-hybridized carbons (Fsp3) is 0.750. The minimum atomic E-state index is -0.630. The zero-order valence-corrected chi connectivity index (χ0v) is 4.92. The van der Waals surface area contributed by atoms with Crippen molar-refractivity contribution in [1.82, 2.24) is 4.90 Å². The van der Waals surface area contributed by atoms with Crippen molar-refractivity contribution in [3.8, 4) is 0 Å². The van der Waals surface area contributed by atoms with Crippen LogP contribution in [0.3, 0.4) is 0 Å². The van der Waals surface area contributed by atoms with E-state index in [2.05, 4.69) is 5.18 Å². The fourth-order valence-electron chi connectivity index (χ4n) is 0.299. The summed E-state index contributed by atoms with van der Waals surface area (Å²) in [6.45, 7) is 0.101. The second-order valence-corrected chi connectivity index (χ2v) is 1.72. The average Bonchev–Trinajstić information content (AvgIpc) is 1.65. The quantitative estimate of drug-likeness (QED) is 0.471. The molecule has 4 heteroatoms. The summed E-state index contributed by atoms with van der Waals surface area (Å²) < 4.78 is 0. The molecule has 4 nitrogen and oxygen atoms in total. The Hall–Kier alpha value is -0.770. The first-order valence-corrected chi connectivity index (χ1v) is 2.17. The van der Waals surface area contributed by atoms with Gasteiger partial charge in [0, 0.05) is 5.18 Å². The fourth-order valence-corrected chi connectivity index (χ4v) is 0.299. The van der Waals surface area contributed by atoms with E-state index in [4.69, 9.17) is 0 Å². The Morgan fingerprint density at radius 3 is 2.25 bits per heavy atom. The maximum Gasteiger partial charge on any atom is 0.300 e. The Morgan fingerprint density at radius 1 is 1.62 bits per heavy atom. The van der Waals surface area contributed by atoms with Gasteiger partial charge in [-0.2, -0.15) is 0 Å². The summed E-state index contributed by atoms with van der Waals surface area (Å²) in [6, 6.07) is 0. The van der Waals surface area contributed by atoms with Crippen LogP contribution >= 0.6 is 0 Å². The molecule has 0 saturated heterocycles. The van der Waals surface area contributed by atoms with Crippen molar-refractivity contribution in [2.75, 3.05) is 20.6 Å². The third kappa shape index (κ3) is 3.42. The molecule has 0 atom stereocenters. The first kappa shape index (κ1) is 7.23. The van der Waals surface area contributed by atoms with Crippen molar-refractivity contribution in [2.45, 2.75) is 0 Å². The summed E-state index contributed by atoms with van der Waals surface area (Å²) in [7, 11) is 3.40. The van der Waals surface area contributed by atoms with E-state index in [-0.39, 0.29) is 6.54 Å². The van der Waals surface area contributed by atoms with Crippen molar-refractivity contribution in [3.63, 3.8) is 0 Å². The highest BCUT2D eigenvalue weighted by Gasteiger charge is 1.99. The molecular weight excluding hydrogens is 108 g/mol. The van der Waals surface area contributed by atoms with Crippen LogP contribution in [0.5, 0.6) is 0 Å². The second kappa shape index (κ2) is 3.26. The van der Waals surface area contributed by atoms with Gasteiger partial charge in [0.1, 0.15) is 0 Å². The number of rotatable bonds is 2.